The number of rotatable bonds is 3. The Morgan fingerprint density at radius 2 is 1.93 bits per heavy atom. The summed E-state index contributed by atoms with van der Waals surface area (Å²) >= 11 is 8.01. The number of hydrogen-bond donors (Lipinski definition) is 0. The van der Waals surface area contributed by atoms with Crippen LogP contribution in [0, 0.1) is 0 Å². The van der Waals surface area contributed by atoms with Crippen LogP contribution in [-0.2, 0) is 0 Å². The van der Waals surface area contributed by atoms with Crippen LogP contribution in [0.25, 0.3) is 15.9 Å². The number of benzene rings is 1. The maximum Gasteiger partial charge on any atom is 0.186 e. The van der Waals surface area contributed by atoms with Gasteiger partial charge in [0.15, 0.2) is 10.8 Å². The molecule has 1 aliphatic rings. The van der Waals surface area contributed by atoms with E-state index in [1.54, 1.807) is 24.6 Å². The predicted octanol–water partition coefficient (Wildman–Crippen LogP) is 3.72. The topological polar surface area (TPSA) is 58.8 Å². The minimum atomic E-state index is 0.717. The second kappa shape index (κ2) is 7.10. The van der Waals surface area contributed by atoms with Gasteiger partial charge < -0.3 is 14.5 Å². The highest BCUT2D eigenvalue weighted by molar-refractivity contribution is 7.22. The van der Waals surface area contributed by atoms with Crippen molar-refractivity contribution in [2.45, 2.75) is 6.42 Å². The number of thiazole rings is 1. The predicted molar refractivity (Wildman–Crippen MR) is 113 cm³/mol. The summed E-state index contributed by atoms with van der Waals surface area (Å²) in [5.41, 5.74) is 1.70. The lowest BCUT2D eigenvalue weighted by Crippen LogP contribution is -2.31. The van der Waals surface area contributed by atoms with E-state index in [2.05, 4.69) is 19.9 Å². The maximum absolute atomic E-state index is 6.38. The van der Waals surface area contributed by atoms with Gasteiger partial charge in [0, 0.05) is 38.6 Å². The van der Waals surface area contributed by atoms with Crippen molar-refractivity contribution < 1.29 is 4.74 Å². The minimum Gasteiger partial charge on any atom is -0.494 e. The molecule has 0 radical (unpaired) electrons. The van der Waals surface area contributed by atoms with Crippen molar-refractivity contribution in [1.29, 1.82) is 0 Å². The highest BCUT2D eigenvalue weighted by Gasteiger charge is 2.21. The summed E-state index contributed by atoms with van der Waals surface area (Å²) in [7, 11) is 1.66. The van der Waals surface area contributed by atoms with Crippen LogP contribution >= 0.6 is 22.9 Å². The summed E-state index contributed by atoms with van der Waals surface area (Å²) in [5.74, 6) is 1.73. The SMILES string of the molecule is COc1ccc(Cl)c2sc(N3CCCN(c4ccc5nccn5n4)CC3)nc12. The largest absolute Gasteiger partial charge is 0.494 e. The number of halogens is 1. The Kier molecular flexibility index (Phi) is 4.44. The van der Waals surface area contributed by atoms with Gasteiger partial charge in [-0.05, 0) is 30.7 Å². The molecule has 28 heavy (non-hydrogen) atoms. The lowest BCUT2D eigenvalue weighted by molar-refractivity contribution is 0.419. The van der Waals surface area contributed by atoms with Crippen molar-refractivity contribution in [2.24, 2.45) is 0 Å². The van der Waals surface area contributed by atoms with Crippen LogP contribution in [-0.4, -0.2) is 52.9 Å². The number of anilines is 2. The highest BCUT2D eigenvalue weighted by Crippen LogP contribution is 2.38. The molecule has 1 aromatic carbocycles. The molecule has 4 aromatic rings. The lowest BCUT2D eigenvalue weighted by Gasteiger charge is -2.22. The zero-order valence-corrected chi connectivity index (χ0v) is 16.9. The molecule has 0 saturated carbocycles. The molecule has 0 spiro atoms. The van der Waals surface area contributed by atoms with Crippen LogP contribution in [0.1, 0.15) is 6.42 Å². The first-order valence-electron chi connectivity index (χ1n) is 9.16. The van der Waals surface area contributed by atoms with Crippen molar-refractivity contribution in [3.05, 3.63) is 41.7 Å². The molecular formula is C19H19ClN6OS. The standard InChI is InChI=1S/C19H19ClN6OS/c1-27-14-4-3-13(20)18-17(14)22-19(28-18)25-9-2-8-24(11-12-25)16-6-5-15-21-7-10-26(15)23-16/h3-7,10H,2,8-9,11-12H2,1H3. The number of imidazole rings is 1. The maximum atomic E-state index is 6.38. The van der Waals surface area contributed by atoms with Crippen molar-refractivity contribution in [3.8, 4) is 5.75 Å². The van der Waals surface area contributed by atoms with E-state index >= 15 is 0 Å². The summed E-state index contributed by atoms with van der Waals surface area (Å²) in [6.45, 7) is 3.67. The summed E-state index contributed by atoms with van der Waals surface area (Å²) in [4.78, 5) is 13.7. The minimum absolute atomic E-state index is 0.717. The van der Waals surface area contributed by atoms with Gasteiger partial charge in [0.05, 0.1) is 16.8 Å². The van der Waals surface area contributed by atoms with E-state index in [1.807, 2.05) is 35.0 Å². The number of ether oxygens (including phenoxy) is 1. The molecule has 5 rings (SSSR count). The van der Waals surface area contributed by atoms with Crippen LogP contribution in [0.15, 0.2) is 36.7 Å². The molecule has 7 nitrogen and oxygen atoms in total. The second-order valence-electron chi connectivity index (χ2n) is 6.67. The Labute approximate surface area is 171 Å². The molecule has 3 aromatic heterocycles. The van der Waals surface area contributed by atoms with Crippen LogP contribution in [0.3, 0.4) is 0 Å². The smallest absolute Gasteiger partial charge is 0.186 e. The van der Waals surface area contributed by atoms with E-state index in [1.165, 1.54) is 0 Å². The number of hydrogen-bond acceptors (Lipinski definition) is 7. The first kappa shape index (κ1) is 17.5. The summed E-state index contributed by atoms with van der Waals surface area (Å²) in [6.07, 6.45) is 4.68. The molecule has 0 N–H and O–H groups in total. The van der Waals surface area contributed by atoms with Crippen molar-refractivity contribution >= 4 is 49.8 Å². The van der Waals surface area contributed by atoms with E-state index in [-0.39, 0.29) is 0 Å². The Balaban J connectivity index is 1.39. The van der Waals surface area contributed by atoms with E-state index in [4.69, 9.17) is 21.3 Å². The molecule has 1 aliphatic heterocycles. The van der Waals surface area contributed by atoms with Crippen molar-refractivity contribution in [1.82, 2.24) is 19.6 Å². The summed E-state index contributed by atoms with van der Waals surface area (Å²) < 4.78 is 8.25. The van der Waals surface area contributed by atoms with Gasteiger partial charge in [-0.15, -0.1) is 5.10 Å². The van der Waals surface area contributed by atoms with Gasteiger partial charge in [-0.1, -0.05) is 22.9 Å². The third kappa shape index (κ3) is 3.02. The van der Waals surface area contributed by atoms with Gasteiger partial charge in [0.2, 0.25) is 0 Å². The van der Waals surface area contributed by atoms with E-state index in [0.29, 0.717) is 5.02 Å². The molecule has 1 fully saturated rings. The number of aromatic nitrogens is 4. The fourth-order valence-electron chi connectivity index (χ4n) is 3.55. The molecule has 0 unspecified atom stereocenters. The molecule has 0 aliphatic carbocycles. The van der Waals surface area contributed by atoms with Gasteiger partial charge in [0.25, 0.3) is 0 Å². The number of fused-ring (bicyclic) bond motifs is 2. The fourth-order valence-corrected chi connectivity index (χ4v) is 4.86. The normalized spacial score (nSPS) is 15.4. The van der Waals surface area contributed by atoms with Gasteiger partial charge in [-0.3, -0.25) is 0 Å². The van der Waals surface area contributed by atoms with Crippen molar-refractivity contribution in [2.75, 3.05) is 43.1 Å². The molecule has 9 heteroatoms. The first-order chi connectivity index (χ1) is 13.7. The molecule has 1 saturated heterocycles. The number of methoxy groups -OCH3 is 1. The van der Waals surface area contributed by atoms with Crippen molar-refractivity contribution in [3.63, 3.8) is 0 Å². The lowest BCUT2D eigenvalue weighted by atomic mass is 10.3. The summed E-state index contributed by atoms with van der Waals surface area (Å²) in [5, 5.41) is 6.39. The van der Waals surface area contributed by atoms with Crippen LogP contribution in [0.5, 0.6) is 5.75 Å². The zero-order chi connectivity index (χ0) is 19.1. The Morgan fingerprint density at radius 1 is 1.07 bits per heavy atom. The molecule has 0 atom stereocenters. The van der Waals surface area contributed by atoms with Gasteiger partial charge in [-0.2, -0.15) is 0 Å². The second-order valence-corrected chi connectivity index (χ2v) is 8.06. The third-order valence-corrected chi connectivity index (χ3v) is 6.58. The van der Waals surface area contributed by atoms with Gasteiger partial charge in [0.1, 0.15) is 17.1 Å². The average Bonchev–Trinajstić information content (AvgIpc) is 3.30. The van der Waals surface area contributed by atoms with E-state index in [9.17, 15) is 0 Å². The highest BCUT2D eigenvalue weighted by atomic mass is 35.5. The molecular weight excluding hydrogens is 396 g/mol. The Morgan fingerprint density at radius 3 is 2.82 bits per heavy atom. The monoisotopic (exact) mass is 414 g/mol. The van der Waals surface area contributed by atoms with Crippen LogP contribution in [0.4, 0.5) is 10.9 Å². The van der Waals surface area contributed by atoms with Gasteiger partial charge >= 0.3 is 0 Å². The first-order valence-corrected chi connectivity index (χ1v) is 10.4. The van der Waals surface area contributed by atoms with Crippen LogP contribution in [0.2, 0.25) is 5.02 Å². The quantitative estimate of drug-likeness (QED) is 0.509. The van der Waals surface area contributed by atoms with E-state index < -0.39 is 0 Å². The van der Waals surface area contributed by atoms with E-state index in [0.717, 1.165) is 65.2 Å². The Bertz CT molecular complexity index is 1140. The fraction of sp³-hybridized carbons (Fsp3) is 0.316. The van der Waals surface area contributed by atoms with Crippen LogP contribution < -0.4 is 14.5 Å². The molecule has 144 valence electrons. The molecule has 0 bridgehead atoms. The molecule has 4 heterocycles. The zero-order valence-electron chi connectivity index (χ0n) is 15.4. The van der Waals surface area contributed by atoms with Gasteiger partial charge in [-0.25, -0.2) is 14.5 Å². The summed E-state index contributed by atoms with van der Waals surface area (Å²) in [6, 6.07) is 7.79. The average molecular weight is 415 g/mol. The third-order valence-electron chi connectivity index (χ3n) is 5.00. The Hall–Kier alpha value is -2.58. The molecule has 0 amide bonds. The number of nitrogens with zero attached hydrogens (tertiary/aromatic N) is 6.